The Morgan fingerprint density at radius 2 is 2.00 bits per heavy atom. The van der Waals surface area contributed by atoms with Crippen molar-refractivity contribution in [3.63, 3.8) is 0 Å². The molecule has 3 aromatic rings. The maximum Gasteiger partial charge on any atom is 0.234 e. The molecule has 1 aliphatic heterocycles. The summed E-state index contributed by atoms with van der Waals surface area (Å²) in [5.41, 5.74) is 2.82. The van der Waals surface area contributed by atoms with E-state index in [4.69, 9.17) is 9.47 Å². The van der Waals surface area contributed by atoms with Crippen LogP contribution in [0.1, 0.15) is 25.3 Å². The third-order valence-corrected chi connectivity index (χ3v) is 5.35. The van der Waals surface area contributed by atoms with Gasteiger partial charge in [-0.2, -0.15) is 4.68 Å². The molecule has 1 N–H and O–H groups in total. The molecule has 2 heterocycles. The largest absolute Gasteiger partial charge is 0.454 e. The van der Waals surface area contributed by atoms with E-state index in [9.17, 15) is 4.79 Å². The highest BCUT2D eigenvalue weighted by atomic mass is 32.2. The fraction of sp³-hybridized carbons (Fsp3) is 0.300. The van der Waals surface area contributed by atoms with Crippen LogP contribution in [0, 0.1) is 0 Å². The average Bonchev–Trinajstić information content (AvgIpc) is 3.40. The molecule has 0 aliphatic carbocycles. The van der Waals surface area contributed by atoms with Gasteiger partial charge in [0.25, 0.3) is 0 Å². The van der Waals surface area contributed by atoms with E-state index >= 15 is 0 Å². The van der Waals surface area contributed by atoms with Crippen molar-refractivity contribution < 1.29 is 14.3 Å². The summed E-state index contributed by atoms with van der Waals surface area (Å²) in [5, 5.41) is 15.3. The SMILES string of the molecule is CCCCc1ccc(-n2nnnc2SCC(=O)Nc2ccc3c(c2)OCO3)cc1. The summed E-state index contributed by atoms with van der Waals surface area (Å²) in [6.45, 7) is 2.38. The number of benzene rings is 2. The second-order valence-electron chi connectivity index (χ2n) is 6.55. The Labute approximate surface area is 172 Å². The third kappa shape index (κ3) is 4.68. The van der Waals surface area contributed by atoms with Gasteiger partial charge in [0.1, 0.15) is 0 Å². The van der Waals surface area contributed by atoms with Crippen molar-refractivity contribution in [2.75, 3.05) is 17.9 Å². The number of ether oxygens (including phenoxy) is 2. The van der Waals surface area contributed by atoms with E-state index < -0.39 is 0 Å². The van der Waals surface area contributed by atoms with Gasteiger partial charge in [-0.1, -0.05) is 37.2 Å². The van der Waals surface area contributed by atoms with Crippen molar-refractivity contribution in [2.45, 2.75) is 31.3 Å². The number of rotatable bonds is 8. The van der Waals surface area contributed by atoms with Gasteiger partial charge in [-0.15, -0.1) is 5.10 Å². The summed E-state index contributed by atoms with van der Waals surface area (Å²) in [7, 11) is 0. The summed E-state index contributed by atoms with van der Waals surface area (Å²) in [4.78, 5) is 12.3. The minimum absolute atomic E-state index is 0.154. The summed E-state index contributed by atoms with van der Waals surface area (Å²) in [6.07, 6.45) is 3.40. The van der Waals surface area contributed by atoms with E-state index in [1.165, 1.54) is 30.2 Å². The van der Waals surface area contributed by atoms with Crippen LogP contribution in [0.4, 0.5) is 5.69 Å². The lowest BCUT2D eigenvalue weighted by Crippen LogP contribution is -2.14. The van der Waals surface area contributed by atoms with Crippen LogP contribution >= 0.6 is 11.8 Å². The number of nitrogens with zero attached hydrogens (tertiary/aromatic N) is 4. The zero-order valence-electron chi connectivity index (χ0n) is 16.0. The fourth-order valence-corrected chi connectivity index (χ4v) is 3.61. The van der Waals surface area contributed by atoms with Crippen LogP contribution in [-0.4, -0.2) is 38.7 Å². The highest BCUT2D eigenvalue weighted by molar-refractivity contribution is 7.99. The molecule has 0 atom stereocenters. The van der Waals surface area contributed by atoms with Crippen molar-refractivity contribution in [3.8, 4) is 17.2 Å². The van der Waals surface area contributed by atoms with Crippen LogP contribution in [0.3, 0.4) is 0 Å². The number of unbranched alkanes of at least 4 members (excludes halogenated alkanes) is 1. The second kappa shape index (κ2) is 8.95. The quantitative estimate of drug-likeness (QED) is 0.568. The Bertz CT molecular complexity index is 990. The lowest BCUT2D eigenvalue weighted by atomic mass is 10.1. The molecule has 2 aromatic carbocycles. The molecule has 0 unspecified atom stereocenters. The number of nitrogens with one attached hydrogen (secondary N) is 1. The Hall–Kier alpha value is -3.07. The molecule has 0 saturated carbocycles. The monoisotopic (exact) mass is 411 g/mol. The third-order valence-electron chi connectivity index (χ3n) is 4.43. The van der Waals surface area contributed by atoms with Gasteiger partial charge in [-0.25, -0.2) is 0 Å². The minimum atomic E-state index is -0.154. The highest BCUT2D eigenvalue weighted by Gasteiger charge is 2.15. The summed E-state index contributed by atoms with van der Waals surface area (Å²) in [5.74, 6) is 1.33. The molecule has 8 nitrogen and oxygen atoms in total. The molecule has 150 valence electrons. The molecule has 0 radical (unpaired) electrons. The number of anilines is 1. The smallest absolute Gasteiger partial charge is 0.234 e. The summed E-state index contributed by atoms with van der Waals surface area (Å²) >= 11 is 1.28. The Morgan fingerprint density at radius 3 is 2.83 bits per heavy atom. The van der Waals surface area contributed by atoms with Crippen LogP contribution in [0.5, 0.6) is 11.5 Å². The zero-order valence-corrected chi connectivity index (χ0v) is 16.8. The van der Waals surface area contributed by atoms with E-state index in [2.05, 4.69) is 39.9 Å². The van der Waals surface area contributed by atoms with Crippen LogP contribution in [0.15, 0.2) is 47.6 Å². The molecule has 1 aliphatic rings. The Balaban J connectivity index is 1.36. The van der Waals surface area contributed by atoms with Gasteiger partial charge in [0, 0.05) is 11.8 Å². The number of hydrogen-bond donors (Lipinski definition) is 1. The molecular weight excluding hydrogens is 390 g/mol. The molecular formula is C20H21N5O3S. The van der Waals surface area contributed by atoms with Crippen molar-refractivity contribution in [1.29, 1.82) is 0 Å². The van der Waals surface area contributed by atoms with E-state index in [1.807, 2.05) is 12.1 Å². The van der Waals surface area contributed by atoms with Crippen LogP contribution < -0.4 is 14.8 Å². The first-order valence-electron chi connectivity index (χ1n) is 9.43. The van der Waals surface area contributed by atoms with E-state index in [0.29, 0.717) is 22.3 Å². The van der Waals surface area contributed by atoms with E-state index in [0.717, 1.165) is 12.1 Å². The molecule has 0 bridgehead atoms. The molecule has 29 heavy (non-hydrogen) atoms. The number of amides is 1. The first-order valence-corrected chi connectivity index (χ1v) is 10.4. The first-order chi connectivity index (χ1) is 14.2. The predicted molar refractivity (Wildman–Crippen MR) is 110 cm³/mol. The summed E-state index contributed by atoms with van der Waals surface area (Å²) in [6, 6.07) is 13.5. The molecule has 0 spiro atoms. The predicted octanol–water partition coefficient (Wildman–Crippen LogP) is 3.46. The van der Waals surface area contributed by atoms with Gasteiger partial charge in [0.15, 0.2) is 11.5 Å². The maximum absolute atomic E-state index is 12.3. The topological polar surface area (TPSA) is 91.2 Å². The van der Waals surface area contributed by atoms with Gasteiger partial charge >= 0.3 is 0 Å². The summed E-state index contributed by atoms with van der Waals surface area (Å²) < 4.78 is 12.2. The van der Waals surface area contributed by atoms with Crippen LogP contribution in [-0.2, 0) is 11.2 Å². The fourth-order valence-electron chi connectivity index (χ4n) is 2.92. The van der Waals surface area contributed by atoms with Gasteiger partial charge in [0.2, 0.25) is 17.9 Å². The highest BCUT2D eigenvalue weighted by Crippen LogP contribution is 2.34. The number of fused-ring (bicyclic) bond motifs is 1. The van der Waals surface area contributed by atoms with Crippen LogP contribution in [0.25, 0.3) is 5.69 Å². The molecule has 4 rings (SSSR count). The number of aromatic nitrogens is 4. The van der Waals surface area contributed by atoms with Gasteiger partial charge in [0.05, 0.1) is 11.4 Å². The second-order valence-corrected chi connectivity index (χ2v) is 7.49. The number of carbonyl (C=O) groups excluding carboxylic acids is 1. The normalized spacial score (nSPS) is 12.2. The molecule has 0 fully saturated rings. The molecule has 9 heteroatoms. The first kappa shape index (κ1) is 19.3. The Morgan fingerprint density at radius 1 is 1.17 bits per heavy atom. The number of hydrogen-bond acceptors (Lipinski definition) is 7. The van der Waals surface area contributed by atoms with Crippen molar-refractivity contribution in [3.05, 3.63) is 48.0 Å². The molecule has 1 amide bonds. The molecule has 0 saturated heterocycles. The van der Waals surface area contributed by atoms with E-state index in [-0.39, 0.29) is 18.5 Å². The van der Waals surface area contributed by atoms with Crippen molar-refractivity contribution in [1.82, 2.24) is 20.2 Å². The van der Waals surface area contributed by atoms with Gasteiger partial charge in [-0.3, -0.25) is 4.79 Å². The minimum Gasteiger partial charge on any atom is -0.454 e. The Kier molecular flexibility index (Phi) is 5.95. The average molecular weight is 411 g/mol. The van der Waals surface area contributed by atoms with Crippen molar-refractivity contribution >= 4 is 23.4 Å². The van der Waals surface area contributed by atoms with Crippen LogP contribution in [0.2, 0.25) is 0 Å². The standard InChI is InChI=1S/C20H21N5O3S/c1-2-3-4-14-5-8-16(9-6-14)25-20(22-23-24-25)29-12-19(26)21-15-7-10-17-18(11-15)28-13-27-17/h5-11H,2-4,12-13H2,1H3,(H,21,26). The number of thioether (sulfide) groups is 1. The van der Waals surface area contributed by atoms with E-state index in [1.54, 1.807) is 22.9 Å². The van der Waals surface area contributed by atoms with Crippen molar-refractivity contribution in [2.24, 2.45) is 0 Å². The number of aryl methyl sites for hydroxylation is 1. The zero-order chi connectivity index (χ0) is 20.1. The number of tetrazole rings is 1. The lowest BCUT2D eigenvalue weighted by molar-refractivity contribution is -0.113. The maximum atomic E-state index is 12.3. The van der Waals surface area contributed by atoms with Gasteiger partial charge < -0.3 is 14.8 Å². The molecule has 1 aromatic heterocycles. The number of carbonyl (C=O) groups is 1. The lowest BCUT2D eigenvalue weighted by Gasteiger charge is -2.07. The van der Waals surface area contributed by atoms with Gasteiger partial charge in [-0.05, 0) is 53.1 Å².